The van der Waals surface area contributed by atoms with Gasteiger partial charge in [-0.25, -0.2) is 0 Å². The van der Waals surface area contributed by atoms with Crippen molar-refractivity contribution in [1.82, 2.24) is 5.32 Å². The average molecular weight is 233 g/mol. The number of rotatable bonds is 7. The molecule has 0 saturated heterocycles. The highest BCUT2D eigenvalue weighted by molar-refractivity contribution is 5.29. The molecule has 0 heterocycles. The molecule has 0 radical (unpaired) electrons. The maximum Gasteiger partial charge on any atom is 0.119 e. The molecule has 1 aromatic carbocycles. The van der Waals surface area contributed by atoms with E-state index in [1.54, 1.807) is 7.11 Å². The molecule has 0 aromatic heterocycles. The molecule has 0 amide bonds. The van der Waals surface area contributed by atoms with E-state index < -0.39 is 0 Å². The number of methoxy groups -OCH3 is 1. The molecule has 0 unspecified atom stereocenters. The SMILES string of the molecule is C#CCN[C@H](COC)c1ccc(OCC)cc1. The second-order valence-electron chi connectivity index (χ2n) is 3.60. The molecule has 3 nitrogen and oxygen atoms in total. The predicted molar refractivity (Wildman–Crippen MR) is 69.1 cm³/mol. The Morgan fingerprint density at radius 1 is 1.35 bits per heavy atom. The van der Waals surface area contributed by atoms with Crippen LogP contribution in [0.5, 0.6) is 5.75 Å². The fourth-order valence-corrected chi connectivity index (χ4v) is 1.58. The summed E-state index contributed by atoms with van der Waals surface area (Å²) in [6.07, 6.45) is 5.24. The van der Waals surface area contributed by atoms with Crippen LogP contribution in [0.2, 0.25) is 0 Å². The zero-order chi connectivity index (χ0) is 12.5. The van der Waals surface area contributed by atoms with E-state index in [9.17, 15) is 0 Å². The zero-order valence-electron chi connectivity index (χ0n) is 10.4. The van der Waals surface area contributed by atoms with Crippen LogP contribution < -0.4 is 10.1 Å². The summed E-state index contributed by atoms with van der Waals surface area (Å²) in [6.45, 7) is 3.77. The molecule has 1 atom stereocenters. The first kappa shape index (κ1) is 13.6. The van der Waals surface area contributed by atoms with Gasteiger partial charge in [0.2, 0.25) is 0 Å². The summed E-state index contributed by atoms with van der Waals surface area (Å²) in [5.74, 6) is 3.45. The molecule has 0 spiro atoms. The molecule has 1 rings (SSSR count). The standard InChI is InChI=1S/C14H19NO2/c1-4-10-15-14(11-16-3)12-6-8-13(9-7-12)17-5-2/h1,6-9,14-15H,5,10-11H2,2-3H3/t14-/m1/s1. The van der Waals surface area contributed by atoms with Gasteiger partial charge in [-0.2, -0.15) is 0 Å². The molecule has 3 heteroatoms. The van der Waals surface area contributed by atoms with E-state index in [0.717, 1.165) is 11.3 Å². The van der Waals surface area contributed by atoms with Gasteiger partial charge < -0.3 is 9.47 Å². The van der Waals surface area contributed by atoms with Crippen LogP contribution in [-0.4, -0.2) is 26.9 Å². The van der Waals surface area contributed by atoms with Crippen molar-refractivity contribution in [3.05, 3.63) is 29.8 Å². The van der Waals surface area contributed by atoms with Crippen molar-refractivity contribution in [2.45, 2.75) is 13.0 Å². The number of terminal acetylenes is 1. The molecule has 1 aromatic rings. The highest BCUT2D eigenvalue weighted by atomic mass is 16.5. The first-order valence-electron chi connectivity index (χ1n) is 5.70. The molecular formula is C14H19NO2. The molecule has 17 heavy (non-hydrogen) atoms. The summed E-state index contributed by atoms with van der Waals surface area (Å²) < 4.78 is 10.6. The second-order valence-corrected chi connectivity index (χ2v) is 3.60. The number of hydrogen-bond acceptors (Lipinski definition) is 3. The third-order valence-corrected chi connectivity index (χ3v) is 2.38. The quantitative estimate of drug-likeness (QED) is 0.731. The largest absolute Gasteiger partial charge is 0.494 e. The van der Waals surface area contributed by atoms with Crippen molar-refractivity contribution in [2.24, 2.45) is 0 Å². The van der Waals surface area contributed by atoms with Crippen molar-refractivity contribution in [1.29, 1.82) is 0 Å². The zero-order valence-corrected chi connectivity index (χ0v) is 10.4. The summed E-state index contributed by atoms with van der Waals surface area (Å²) in [4.78, 5) is 0. The Kier molecular flexibility index (Phi) is 6.16. The normalized spacial score (nSPS) is 11.8. The minimum atomic E-state index is 0.117. The molecule has 0 bridgehead atoms. The molecule has 0 aliphatic carbocycles. The summed E-state index contributed by atoms with van der Waals surface area (Å²) in [7, 11) is 1.68. The number of ether oxygens (including phenoxy) is 2. The van der Waals surface area contributed by atoms with Gasteiger partial charge in [-0.15, -0.1) is 6.42 Å². The Morgan fingerprint density at radius 2 is 2.06 bits per heavy atom. The minimum Gasteiger partial charge on any atom is -0.494 e. The number of benzene rings is 1. The van der Waals surface area contributed by atoms with Crippen LogP contribution in [0, 0.1) is 12.3 Å². The van der Waals surface area contributed by atoms with E-state index in [1.807, 2.05) is 31.2 Å². The third-order valence-electron chi connectivity index (χ3n) is 2.38. The van der Waals surface area contributed by atoms with E-state index in [-0.39, 0.29) is 6.04 Å². The van der Waals surface area contributed by atoms with Crippen LogP contribution in [0.15, 0.2) is 24.3 Å². The average Bonchev–Trinajstić information content (AvgIpc) is 2.36. The second kappa shape index (κ2) is 7.72. The van der Waals surface area contributed by atoms with Gasteiger partial charge in [-0.1, -0.05) is 18.1 Å². The smallest absolute Gasteiger partial charge is 0.119 e. The Hall–Kier alpha value is -1.50. The Morgan fingerprint density at radius 3 is 2.59 bits per heavy atom. The summed E-state index contributed by atoms with van der Waals surface area (Å²) >= 11 is 0. The van der Waals surface area contributed by atoms with E-state index in [1.165, 1.54) is 0 Å². The van der Waals surface area contributed by atoms with Crippen LogP contribution in [-0.2, 0) is 4.74 Å². The van der Waals surface area contributed by atoms with E-state index in [4.69, 9.17) is 15.9 Å². The van der Waals surface area contributed by atoms with Crippen LogP contribution in [0.1, 0.15) is 18.5 Å². The first-order chi connectivity index (χ1) is 8.31. The lowest BCUT2D eigenvalue weighted by Crippen LogP contribution is -2.25. The van der Waals surface area contributed by atoms with E-state index in [0.29, 0.717) is 19.8 Å². The van der Waals surface area contributed by atoms with Gasteiger partial charge in [0.1, 0.15) is 5.75 Å². The van der Waals surface area contributed by atoms with Gasteiger partial charge in [0, 0.05) is 7.11 Å². The van der Waals surface area contributed by atoms with Gasteiger partial charge in [-0.05, 0) is 24.6 Å². The molecule has 0 aliphatic rings. The van der Waals surface area contributed by atoms with Crippen molar-refractivity contribution in [2.75, 3.05) is 26.9 Å². The van der Waals surface area contributed by atoms with Crippen molar-refractivity contribution >= 4 is 0 Å². The fraction of sp³-hybridized carbons (Fsp3) is 0.429. The van der Waals surface area contributed by atoms with Gasteiger partial charge in [0.15, 0.2) is 0 Å². The highest BCUT2D eigenvalue weighted by Gasteiger charge is 2.09. The Balaban J connectivity index is 2.69. The molecule has 1 N–H and O–H groups in total. The fourth-order valence-electron chi connectivity index (χ4n) is 1.58. The van der Waals surface area contributed by atoms with Gasteiger partial charge >= 0.3 is 0 Å². The lowest BCUT2D eigenvalue weighted by atomic mass is 10.1. The molecule has 0 fully saturated rings. The Bertz CT molecular complexity index is 353. The van der Waals surface area contributed by atoms with E-state index in [2.05, 4.69) is 11.2 Å². The maximum atomic E-state index is 5.40. The molecule has 0 aliphatic heterocycles. The molecule has 92 valence electrons. The number of nitrogens with one attached hydrogen (secondary N) is 1. The van der Waals surface area contributed by atoms with Crippen molar-refractivity contribution < 1.29 is 9.47 Å². The third kappa shape index (κ3) is 4.48. The van der Waals surface area contributed by atoms with Crippen LogP contribution in [0.4, 0.5) is 0 Å². The van der Waals surface area contributed by atoms with Crippen molar-refractivity contribution in [3.8, 4) is 18.1 Å². The summed E-state index contributed by atoms with van der Waals surface area (Å²) in [6, 6.07) is 8.08. The topological polar surface area (TPSA) is 30.5 Å². The monoisotopic (exact) mass is 233 g/mol. The highest BCUT2D eigenvalue weighted by Crippen LogP contribution is 2.18. The van der Waals surface area contributed by atoms with Gasteiger partial charge in [0.25, 0.3) is 0 Å². The van der Waals surface area contributed by atoms with Crippen LogP contribution >= 0.6 is 0 Å². The lowest BCUT2D eigenvalue weighted by molar-refractivity contribution is 0.169. The number of hydrogen-bond donors (Lipinski definition) is 1. The molecular weight excluding hydrogens is 214 g/mol. The minimum absolute atomic E-state index is 0.117. The van der Waals surface area contributed by atoms with Gasteiger partial charge in [-0.3, -0.25) is 5.32 Å². The first-order valence-corrected chi connectivity index (χ1v) is 5.70. The maximum absolute atomic E-state index is 5.40. The summed E-state index contributed by atoms with van der Waals surface area (Å²) in [5.41, 5.74) is 1.14. The lowest BCUT2D eigenvalue weighted by Gasteiger charge is -2.17. The predicted octanol–water partition coefficient (Wildman–Crippen LogP) is 2.00. The van der Waals surface area contributed by atoms with Crippen LogP contribution in [0.3, 0.4) is 0 Å². The summed E-state index contributed by atoms with van der Waals surface area (Å²) in [5, 5.41) is 3.24. The Labute approximate surface area is 103 Å². The molecule has 0 saturated carbocycles. The van der Waals surface area contributed by atoms with Crippen molar-refractivity contribution in [3.63, 3.8) is 0 Å². The van der Waals surface area contributed by atoms with E-state index >= 15 is 0 Å². The van der Waals surface area contributed by atoms with Crippen LogP contribution in [0.25, 0.3) is 0 Å². The van der Waals surface area contributed by atoms with Gasteiger partial charge in [0.05, 0.1) is 25.8 Å².